The number of hydrogen-bond donors (Lipinski definition) is 4. The van der Waals surface area contributed by atoms with Crippen LogP contribution >= 0.6 is 0 Å². The van der Waals surface area contributed by atoms with Crippen LogP contribution in [0.1, 0.15) is 39.5 Å². The zero-order chi connectivity index (χ0) is 16.5. The molecule has 6 heteroatoms. The third-order valence-corrected chi connectivity index (χ3v) is 6.88. The third-order valence-electron chi connectivity index (χ3n) is 4.07. The fourth-order valence-electron chi connectivity index (χ4n) is 2.79. The molecule has 0 saturated carbocycles. The van der Waals surface area contributed by atoms with E-state index in [9.17, 15) is 9.90 Å². The van der Waals surface area contributed by atoms with Gasteiger partial charge in [0.2, 0.25) is 0 Å². The molecule has 1 aliphatic rings. The number of hydrogen-bond acceptors (Lipinski definition) is 5. The van der Waals surface area contributed by atoms with Crippen LogP contribution in [0.15, 0.2) is 12.2 Å². The van der Waals surface area contributed by atoms with E-state index in [1.165, 1.54) is 0 Å². The van der Waals surface area contributed by atoms with Gasteiger partial charge in [-0.2, -0.15) is 0 Å². The van der Waals surface area contributed by atoms with Gasteiger partial charge in [0, 0.05) is 0 Å². The Morgan fingerprint density at radius 1 is 1.55 bits per heavy atom. The molecule has 0 bridgehead atoms. The van der Waals surface area contributed by atoms with E-state index in [1.54, 1.807) is 0 Å². The maximum absolute atomic E-state index is 12.4. The second kappa shape index (κ2) is 10.7. The number of alkyl halides is 1. The van der Waals surface area contributed by atoms with Crippen LogP contribution in [0.25, 0.3) is 0 Å². The number of unbranched alkanes of at least 4 members (excludes halogenated alkanes) is 1. The molecule has 5 unspecified atom stereocenters. The predicted molar refractivity (Wildman–Crippen MR) is 84.1 cm³/mol. The first-order chi connectivity index (χ1) is 10.5. The molecule has 1 rings (SSSR count). The SMILES string of the molecule is C/C=C\C1CC(C(=O)[I-]CCCC)NC1C(N)C(O)CCO. The van der Waals surface area contributed by atoms with Crippen molar-refractivity contribution in [3.05, 3.63) is 12.2 Å². The van der Waals surface area contributed by atoms with Gasteiger partial charge in [0.15, 0.2) is 0 Å². The number of carbonyl (C=O) groups is 1. The van der Waals surface area contributed by atoms with Crippen molar-refractivity contribution in [3.8, 4) is 0 Å². The second-order valence-corrected chi connectivity index (χ2v) is 8.71. The summed E-state index contributed by atoms with van der Waals surface area (Å²) >= 11 is -0.417. The van der Waals surface area contributed by atoms with Crippen molar-refractivity contribution in [1.29, 1.82) is 0 Å². The van der Waals surface area contributed by atoms with E-state index < -0.39 is 33.4 Å². The number of nitrogens with two attached hydrogens (primary N) is 1. The average molecular weight is 425 g/mol. The van der Waals surface area contributed by atoms with E-state index in [-0.39, 0.29) is 31.0 Å². The molecule has 5 N–H and O–H groups in total. The van der Waals surface area contributed by atoms with E-state index >= 15 is 0 Å². The van der Waals surface area contributed by atoms with E-state index in [0.29, 0.717) is 3.79 Å². The molecule has 130 valence electrons. The number of carbonyl (C=O) groups excluding carboxylic acids is 1. The van der Waals surface area contributed by atoms with Gasteiger partial charge in [-0.05, 0) is 0 Å². The van der Waals surface area contributed by atoms with Crippen molar-refractivity contribution in [2.75, 3.05) is 11.0 Å². The monoisotopic (exact) mass is 425 g/mol. The van der Waals surface area contributed by atoms with Gasteiger partial charge in [-0.25, -0.2) is 0 Å². The van der Waals surface area contributed by atoms with Crippen LogP contribution in [0.2, 0.25) is 0 Å². The number of rotatable bonds is 10. The van der Waals surface area contributed by atoms with Crippen molar-refractivity contribution < 1.29 is 36.2 Å². The van der Waals surface area contributed by atoms with Crippen LogP contribution in [0.3, 0.4) is 0 Å². The Bertz CT molecular complexity index is 365. The molecule has 0 amide bonds. The number of allylic oxidation sites excluding steroid dienone is 1. The molecule has 1 fully saturated rings. The molecule has 0 radical (unpaired) electrons. The van der Waals surface area contributed by atoms with Crippen LogP contribution in [0, 0.1) is 5.92 Å². The molecular weight excluding hydrogens is 395 g/mol. The van der Waals surface area contributed by atoms with Crippen molar-refractivity contribution in [3.63, 3.8) is 0 Å². The van der Waals surface area contributed by atoms with Crippen LogP contribution < -0.4 is 32.3 Å². The van der Waals surface area contributed by atoms with E-state index in [0.717, 1.165) is 23.7 Å². The molecule has 0 aromatic rings. The number of aliphatic hydroxyl groups excluding tert-OH is 2. The van der Waals surface area contributed by atoms with E-state index in [4.69, 9.17) is 10.8 Å². The summed E-state index contributed by atoms with van der Waals surface area (Å²) in [5, 5.41) is 22.3. The van der Waals surface area contributed by atoms with Gasteiger partial charge >= 0.3 is 144 Å². The van der Waals surface area contributed by atoms with Crippen molar-refractivity contribution in [2.24, 2.45) is 11.7 Å². The Labute approximate surface area is 144 Å². The number of halogens is 1. The fraction of sp³-hybridized carbons (Fsp3) is 0.812. The molecule has 5 nitrogen and oxygen atoms in total. The van der Waals surface area contributed by atoms with Gasteiger partial charge < -0.3 is 0 Å². The van der Waals surface area contributed by atoms with Gasteiger partial charge in [0.1, 0.15) is 0 Å². The van der Waals surface area contributed by atoms with E-state index in [1.807, 2.05) is 13.0 Å². The van der Waals surface area contributed by atoms with Crippen LogP contribution in [-0.4, -0.2) is 49.3 Å². The van der Waals surface area contributed by atoms with Crippen LogP contribution in [-0.2, 0) is 4.79 Å². The summed E-state index contributed by atoms with van der Waals surface area (Å²) in [5.74, 6) is 0.164. The van der Waals surface area contributed by atoms with Crippen LogP contribution in [0.5, 0.6) is 0 Å². The summed E-state index contributed by atoms with van der Waals surface area (Å²) < 4.78 is 1.40. The number of aliphatic hydroxyl groups is 2. The molecule has 1 aliphatic heterocycles. The maximum atomic E-state index is 12.4. The standard InChI is InChI=1S/C16H30IN2O3/c1-3-5-8-17-16(22)12-10-11(6-4-2)15(19-12)14(18)13(21)7-9-20/h4,6,11-15,19-21H,3,5,7-10,18H2,1-2H3/q-1/b6-4-. The average Bonchev–Trinajstić information content (AvgIpc) is 2.91. The molecule has 22 heavy (non-hydrogen) atoms. The fourth-order valence-corrected chi connectivity index (χ4v) is 5.44. The summed E-state index contributed by atoms with van der Waals surface area (Å²) in [4.78, 5) is 12.4. The summed E-state index contributed by atoms with van der Waals surface area (Å²) in [5.41, 5.74) is 6.15. The zero-order valence-corrected chi connectivity index (χ0v) is 15.7. The zero-order valence-electron chi connectivity index (χ0n) is 13.5. The Balaban J connectivity index is 2.66. The third kappa shape index (κ3) is 5.88. The van der Waals surface area contributed by atoms with Gasteiger partial charge in [0.25, 0.3) is 0 Å². The molecule has 0 aromatic carbocycles. The minimum atomic E-state index is -0.751. The summed E-state index contributed by atoms with van der Waals surface area (Å²) in [6, 6.07) is -0.704. The van der Waals surface area contributed by atoms with Gasteiger partial charge in [-0.1, -0.05) is 0 Å². The van der Waals surface area contributed by atoms with Crippen molar-refractivity contribution in [1.82, 2.24) is 5.32 Å². The van der Waals surface area contributed by atoms with Gasteiger partial charge in [0.05, 0.1) is 0 Å². The second-order valence-electron chi connectivity index (χ2n) is 5.81. The molecule has 0 spiro atoms. The van der Waals surface area contributed by atoms with Gasteiger partial charge in [-0.3, -0.25) is 0 Å². The van der Waals surface area contributed by atoms with Crippen LogP contribution in [0.4, 0.5) is 0 Å². The molecule has 0 aliphatic carbocycles. The summed E-state index contributed by atoms with van der Waals surface area (Å²) in [6.07, 6.45) is 6.59. The van der Waals surface area contributed by atoms with Gasteiger partial charge in [-0.15, -0.1) is 0 Å². The Morgan fingerprint density at radius 2 is 2.27 bits per heavy atom. The molecule has 1 saturated heterocycles. The summed E-state index contributed by atoms with van der Waals surface area (Å²) in [7, 11) is 0. The molecule has 0 aromatic heterocycles. The molecule has 5 atom stereocenters. The number of nitrogens with one attached hydrogen (secondary N) is 1. The normalized spacial score (nSPS) is 28.3. The Kier molecular flexibility index (Phi) is 9.74. The topological polar surface area (TPSA) is 95.6 Å². The minimum absolute atomic E-state index is 0.0826. The first kappa shape index (κ1) is 20.0. The first-order valence-corrected chi connectivity index (χ1v) is 10.7. The molecular formula is C16H30IN2O3-. The first-order valence-electron chi connectivity index (χ1n) is 8.11. The van der Waals surface area contributed by atoms with Crippen molar-refractivity contribution in [2.45, 2.75) is 63.8 Å². The van der Waals surface area contributed by atoms with E-state index in [2.05, 4.69) is 18.3 Å². The molecule has 1 heterocycles. The summed E-state index contributed by atoms with van der Waals surface area (Å²) in [6.45, 7) is 4.01. The van der Waals surface area contributed by atoms with Crippen molar-refractivity contribution >= 4 is 3.79 Å². The quantitative estimate of drug-likeness (QED) is 0.101. The Morgan fingerprint density at radius 3 is 2.86 bits per heavy atom. The Hall–Kier alpha value is -0.0200. The predicted octanol–water partition coefficient (Wildman–Crippen LogP) is -2.60.